The van der Waals surface area contributed by atoms with Crippen LogP contribution in [-0.2, 0) is 6.42 Å². The lowest BCUT2D eigenvalue weighted by Gasteiger charge is -2.05. The van der Waals surface area contributed by atoms with Gasteiger partial charge in [0.1, 0.15) is 0 Å². The van der Waals surface area contributed by atoms with Gasteiger partial charge >= 0.3 is 0 Å². The Bertz CT molecular complexity index is 434. The fourth-order valence-corrected chi connectivity index (χ4v) is 1.62. The molecule has 0 aliphatic heterocycles. The summed E-state index contributed by atoms with van der Waals surface area (Å²) < 4.78 is 1.91. The molecule has 1 aromatic carbocycles. The van der Waals surface area contributed by atoms with Crippen molar-refractivity contribution in [2.45, 2.75) is 13.3 Å². The molecule has 0 saturated heterocycles. The highest BCUT2D eigenvalue weighted by molar-refractivity contribution is 6.30. The smallest absolute Gasteiger partial charge is 0.0663 e. The molecule has 0 bridgehead atoms. The van der Waals surface area contributed by atoms with E-state index in [0.717, 1.165) is 17.1 Å². The molecule has 1 heterocycles. The van der Waals surface area contributed by atoms with Gasteiger partial charge in [-0.25, -0.2) is 4.68 Å². The summed E-state index contributed by atoms with van der Waals surface area (Å²) in [6.45, 7) is 2.11. The summed E-state index contributed by atoms with van der Waals surface area (Å²) in [5.74, 6) is 0. The number of aryl methyl sites for hydroxylation is 1. The highest BCUT2D eigenvalue weighted by Gasteiger charge is 2.02. The van der Waals surface area contributed by atoms with Crippen LogP contribution in [0.1, 0.15) is 12.6 Å². The monoisotopic (exact) mass is 206 g/mol. The minimum absolute atomic E-state index is 0.736. The lowest BCUT2D eigenvalue weighted by atomic mass is 10.3. The molecule has 0 spiro atoms. The molecule has 1 aromatic heterocycles. The van der Waals surface area contributed by atoms with E-state index in [2.05, 4.69) is 12.0 Å². The number of benzene rings is 1. The van der Waals surface area contributed by atoms with E-state index < -0.39 is 0 Å². The second-order valence-electron chi connectivity index (χ2n) is 3.07. The second-order valence-corrected chi connectivity index (χ2v) is 3.50. The number of rotatable bonds is 2. The molecule has 2 nitrogen and oxygen atoms in total. The van der Waals surface area contributed by atoms with E-state index in [0.29, 0.717) is 0 Å². The third kappa shape index (κ3) is 1.66. The number of aromatic nitrogens is 2. The number of nitrogens with zero attached hydrogens (tertiary/aromatic N) is 2. The predicted molar refractivity (Wildman–Crippen MR) is 58.0 cm³/mol. The van der Waals surface area contributed by atoms with Gasteiger partial charge in [0.25, 0.3) is 0 Å². The van der Waals surface area contributed by atoms with Crippen molar-refractivity contribution in [3.8, 4) is 5.69 Å². The van der Waals surface area contributed by atoms with Crippen molar-refractivity contribution in [1.82, 2.24) is 9.78 Å². The van der Waals surface area contributed by atoms with Gasteiger partial charge in [-0.1, -0.05) is 24.6 Å². The molecule has 0 aliphatic rings. The lowest BCUT2D eigenvalue weighted by molar-refractivity contribution is 0.814. The van der Waals surface area contributed by atoms with Crippen molar-refractivity contribution in [2.75, 3.05) is 0 Å². The van der Waals surface area contributed by atoms with E-state index in [1.807, 2.05) is 35.0 Å². The zero-order valence-electron chi connectivity index (χ0n) is 7.94. The van der Waals surface area contributed by atoms with Crippen LogP contribution in [0, 0.1) is 0 Å². The lowest BCUT2D eigenvalue weighted by Crippen LogP contribution is -2.00. The van der Waals surface area contributed by atoms with Crippen LogP contribution in [0.4, 0.5) is 0 Å². The topological polar surface area (TPSA) is 17.8 Å². The Balaban J connectivity index is 2.49. The van der Waals surface area contributed by atoms with E-state index in [4.69, 9.17) is 11.6 Å². The molecule has 0 saturated carbocycles. The molecule has 0 atom stereocenters. The van der Waals surface area contributed by atoms with Crippen LogP contribution in [0.2, 0.25) is 5.02 Å². The van der Waals surface area contributed by atoms with Crippen molar-refractivity contribution in [2.24, 2.45) is 0 Å². The first-order valence-corrected chi connectivity index (χ1v) is 4.98. The predicted octanol–water partition coefficient (Wildman–Crippen LogP) is 3.09. The second kappa shape index (κ2) is 3.84. The molecule has 0 radical (unpaired) electrons. The van der Waals surface area contributed by atoms with Crippen molar-refractivity contribution < 1.29 is 0 Å². The van der Waals surface area contributed by atoms with Crippen LogP contribution < -0.4 is 0 Å². The van der Waals surface area contributed by atoms with Crippen LogP contribution in [-0.4, -0.2) is 9.78 Å². The Kier molecular flexibility index (Phi) is 2.55. The van der Waals surface area contributed by atoms with Crippen LogP contribution in [0.15, 0.2) is 36.5 Å². The van der Waals surface area contributed by atoms with E-state index in [-0.39, 0.29) is 0 Å². The Labute approximate surface area is 88.1 Å². The molecule has 3 heteroatoms. The largest absolute Gasteiger partial charge is 0.238 e. The van der Waals surface area contributed by atoms with Crippen LogP contribution in [0.5, 0.6) is 0 Å². The van der Waals surface area contributed by atoms with E-state index in [1.54, 1.807) is 6.20 Å². The first kappa shape index (κ1) is 9.28. The average Bonchev–Trinajstić information content (AvgIpc) is 2.65. The maximum Gasteiger partial charge on any atom is 0.0663 e. The minimum atomic E-state index is 0.736. The first-order valence-electron chi connectivity index (χ1n) is 4.60. The molecule has 0 unspecified atom stereocenters. The molecule has 0 fully saturated rings. The van der Waals surface area contributed by atoms with Gasteiger partial charge in [0.2, 0.25) is 0 Å². The van der Waals surface area contributed by atoms with Crippen LogP contribution in [0.3, 0.4) is 0 Å². The van der Waals surface area contributed by atoms with Gasteiger partial charge < -0.3 is 0 Å². The fraction of sp³-hybridized carbons (Fsp3) is 0.182. The van der Waals surface area contributed by atoms with E-state index >= 15 is 0 Å². The van der Waals surface area contributed by atoms with Gasteiger partial charge in [0, 0.05) is 16.9 Å². The summed E-state index contributed by atoms with van der Waals surface area (Å²) in [4.78, 5) is 0. The molecule has 2 rings (SSSR count). The van der Waals surface area contributed by atoms with Gasteiger partial charge in [0.15, 0.2) is 0 Å². The molecule has 0 amide bonds. The van der Waals surface area contributed by atoms with Crippen LogP contribution >= 0.6 is 11.6 Å². The number of hydrogen-bond acceptors (Lipinski definition) is 1. The summed E-state index contributed by atoms with van der Waals surface area (Å²) in [5, 5.41) is 4.99. The minimum Gasteiger partial charge on any atom is -0.238 e. The standard InChI is InChI=1S/C11H11ClN2/c1-2-10-6-7-13-14(10)11-5-3-4-9(12)8-11/h3-8H,2H2,1H3. The third-order valence-corrected chi connectivity index (χ3v) is 2.37. The van der Waals surface area contributed by atoms with Crippen molar-refractivity contribution in [3.05, 3.63) is 47.2 Å². The summed E-state index contributed by atoms with van der Waals surface area (Å²) in [7, 11) is 0. The average molecular weight is 207 g/mol. The van der Waals surface area contributed by atoms with E-state index in [1.165, 1.54) is 5.69 Å². The Morgan fingerprint density at radius 3 is 2.93 bits per heavy atom. The normalized spacial score (nSPS) is 10.4. The molecule has 0 N–H and O–H groups in total. The van der Waals surface area contributed by atoms with Gasteiger partial charge in [-0.3, -0.25) is 0 Å². The molecule has 0 aliphatic carbocycles. The van der Waals surface area contributed by atoms with Crippen molar-refractivity contribution >= 4 is 11.6 Å². The summed E-state index contributed by atoms with van der Waals surface area (Å²) in [6, 6.07) is 9.71. The Morgan fingerprint density at radius 1 is 1.36 bits per heavy atom. The first-order chi connectivity index (χ1) is 6.81. The molecule has 72 valence electrons. The Morgan fingerprint density at radius 2 is 2.21 bits per heavy atom. The van der Waals surface area contributed by atoms with Crippen LogP contribution in [0.25, 0.3) is 5.69 Å². The third-order valence-electron chi connectivity index (χ3n) is 2.14. The molecule has 14 heavy (non-hydrogen) atoms. The number of hydrogen-bond donors (Lipinski definition) is 0. The summed E-state index contributed by atoms with van der Waals surface area (Å²) >= 11 is 5.92. The fourth-order valence-electron chi connectivity index (χ4n) is 1.44. The molecule has 2 aromatic rings. The Hall–Kier alpha value is -1.28. The maximum absolute atomic E-state index is 5.92. The zero-order chi connectivity index (χ0) is 9.97. The highest BCUT2D eigenvalue weighted by atomic mass is 35.5. The van der Waals surface area contributed by atoms with Gasteiger partial charge in [-0.15, -0.1) is 0 Å². The van der Waals surface area contributed by atoms with Gasteiger partial charge in [-0.05, 0) is 30.7 Å². The highest BCUT2D eigenvalue weighted by Crippen LogP contribution is 2.15. The van der Waals surface area contributed by atoms with Crippen molar-refractivity contribution in [3.63, 3.8) is 0 Å². The SMILES string of the molecule is CCc1ccnn1-c1cccc(Cl)c1. The molecular weight excluding hydrogens is 196 g/mol. The molecular formula is C11H11ClN2. The van der Waals surface area contributed by atoms with Gasteiger partial charge in [-0.2, -0.15) is 5.10 Å². The maximum atomic E-state index is 5.92. The summed E-state index contributed by atoms with van der Waals surface area (Å²) in [5.41, 5.74) is 2.20. The zero-order valence-corrected chi connectivity index (χ0v) is 8.70. The van der Waals surface area contributed by atoms with Crippen molar-refractivity contribution in [1.29, 1.82) is 0 Å². The quantitative estimate of drug-likeness (QED) is 0.739. The van der Waals surface area contributed by atoms with E-state index in [9.17, 15) is 0 Å². The summed E-state index contributed by atoms with van der Waals surface area (Å²) in [6.07, 6.45) is 2.77. The number of halogens is 1. The van der Waals surface area contributed by atoms with Gasteiger partial charge in [0.05, 0.1) is 5.69 Å².